The molecule has 21 heavy (non-hydrogen) atoms. The van der Waals surface area contributed by atoms with Crippen LogP contribution in [-0.2, 0) is 0 Å². The first-order valence-corrected chi connectivity index (χ1v) is 6.44. The fraction of sp³-hybridized carbons (Fsp3) is 0.200. The number of nitro benzene ring substituents is 1. The Hall–Kier alpha value is -2.63. The van der Waals surface area contributed by atoms with Gasteiger partial charge >= 0.3 is 0 Å². The van der Waals surface area contributed by atoms with E-state index < -0.39 is 10.7 Å². The Kier molecular flexibility index (Phi) is 4.71. The van der Waals surface area contributed by atoms with Crippen LogP contribution in [0.1, 0.15) is 5.56 Å². The summed E-state index contributed by atoms with van der Waals surface area (Å²) >= 11 is 0. The highest BCUT2D eigenvalue weighted by Crippen LogP contribution is 2.24. The van der Waals surface area contributed by atoms with E-state index in [4.69, 9.17) is 4.74 Å². The fourth-order valence-corrected chi connectivity index (χ4v) is 1.87. The number of benzene rings is 2. The number of anilines is 1. The third kappa shape index (κ3) is 3.92. The van der Waals surface area contributed by atoms with Gasteiger partial charge in [-0.15, -0.1) is 0 Å². The Balaban J connectivity index is 1.92. The van der Waals surface area contributed by atoms with Crippen molar-refractivity contribution in [2.24, 2.45) is 0 Å². The van der Waals surface area contributed by atoms with Gasteiger partial charge in [0.15, 0.2) is 0 Å². The first-order valence-electron chi connectivity index (χ1n) is 6.44. The van der Waals surface area contributed by atoms with Gasteiger partial charge in [0.2, 0.25) is 0 Å². The van der Waals surface area contributed by atoms with Crippen molar-refractivity contribution in [3.05, 3.63) is 64.0 Å². The van der Waals surface area contributed by atoms with E-state index in [1.54, 1.807) is 0 Å². The van der Waals surface area contributed by atoms with Crippen LogP contribution in [0.5, 0.6) is 5.75 Å². The van der Waals surface area contributed by atoms with Gasteiger partial charge in [0.25, 0.3) is 5.69 Å². The van der Waals surface area contributed by atoms with Gasteiger partial charge in [-0.2, -0.15) is 0 Å². The summed E-state index contributed by atoms with van der Waals surface area (Å²) in [5, 5.41) is 13.7. The number of halogens is 1. The van der Waals surface area contributed by atoms with Crippen molar-refractivity contribution < 1.29 is 14.1 Å². The number of hydrogen-bond donors (Lipinski definition) is 1. The molecular formula is C15H15FN2O3. The van der Waals surface area contributed by atoms with Gasteiger partial charge < -0.3 is 10.1 Å². The van der Waals surface area contributed by atoms with Crippen LogP contribution in [0.2, 0.25) is 0 Å². The molecule has 0 unspecified atom stereocenters. The van der Waals surface area contributed by atoms with Crippen LogP contribution in [-0.4, -0.2) is 18.1 Å². The number of nitrogens with one attached hydrogen (secondary N) is 1. The lowest BCUT2D eigenvalue weighted by Crippen LogP contribution is -2.13. The van der Waals surface area contributed by atoms with E-state index in [9.17, 15) is 14.5 Å². The Labute approximate surface area is 121 Å². The van der Waals surface area contributed by atoms with Crippen molar-refractivity contribution in [2.45, 2.75) is 6.92 Å². The highest BCUT2D eigenvalue weighted by atomic mass is 19.1. The molecule has 2 aromatic rings. The monoisotopic (exact) mass is 290 g/mol. The predicted molar refractivity (Wildman–Crippen MR) is 78.2 cm³/mol. The highest BCUT2D eigenvalue weighted by Gasteiger charge is 2.14. The lowest BCUT2D eigenvalue weighted by Gasteiger charge is -2.10. The minimum absolute atomic E-state index is 0.273. The summed E-state index contributed by atoms with van der Waals surface area (Å²) in [5.74, 6) is 0.135. The molecule has 0 amide bonds. The van der Waals surface area contributed by atoms with E-state index >= 15 is 0 Å². The summed E-state index contributed by atoms with van der Waals surface area (Å²) in [4.78, 5) is 10.2. The minimum Gasteiger partial charge on any atom is -0.491 e. The van der Waals surface area contributed by atoms with E-state index in [2.05, 4.69) is 5.32 Å². The Morgan fingerprint density at radius 3 is 2.76 bits per heavy atom. The first-order chi connectivity index (χ1) is 10.1. The summed E-state index contributed by atoms with van der Waals surface area (Å²) in [6, 6.07) is 11.0. The summed E-state index contributed by atoms with van der Waals surface area (Å²) in [6.07, 6.45) is 0. The van der Waals surface area contributed by atoms with Gasteiger partial charge in [0.1, 0.15) is 23.9 Å². The molecule has 0 aromatic heterocycles. The van der Waals surface area contributed by atoms with Crippen molar-refractivity contribution in [1.29, 1.82) is 0 Å². The average Bonchev–Trinajstić information content (AvgIpc) is 2.46. The molecule has 5 nitrogen and oxygen atoms in total. The van der Waals surface area contributed by atoms with E-state index in [0.29, 0.717) is 13.2 Å². The van der Waals surface area contributed by atoms with Crippen LogP contribution in [0, 0.1) is 22.9 Å². The molecule has 0 radical (unpaired) electrons. The second-order valence-corrected chi connectivity index (χ2v) is 4.46. The first kappa shape index (κ1) is 14.8. The van der Waals surface area contributed by atoms with Gasteiger partial charge in [0.05, 0.1) is 11.0 Å². The molecule has 2 aromatic carbocycles. The molecule has 0 atom stereocenters. The summed E-state index contributed by atoms with van der Waals surface area (Å²) in [6.45, 7) is 2.66. The van der Waals surface area contributed by atoms with Gasteiger partial charge in [0, 0.05) is 6.54 Å². The smallest absolute Gasteiger partial charge is 0.295 e. The second-order valence-electron chi connectivity index (χ2n) is 4.46. The van der Waals surface area contributed by atoms with Gasteiger partial charge in [-0.1, -0.05) is 18.2 Å². The standard InChI is InChI=1S/C15H15FN2O3/c1-11-4-2-3-5-15(11)21-9-8-17-13-7-6-12(16)10-14(13)18(19)20/h2-7,10,17H,8-9H2,1H3. The third-order valence-corrected chi connectivity index (χ3v) is 2.93. The molecule has 0 spiro atoms. The zero-order chi connectivity index (χ0) is 15.2. The summed E-state index contributed by atoms with van der Waals surface area (Å²) in [5.41, 5.74) is 1.01. The minimum atomic E-state index is -0.636. The molecule has 0 saturated carbocycles. The maximum Gasteiger partial charge on any atom is 0.295 e. The normalized spacial score (nSPS) is 10.2. The van der Waals surface area contributed by atoms with Crippen LogP contribution in [0.15, 0.2) is 42.5 Å². The molecule has 0 aliphatic carbocycles. The molecular weight excluding hydrogens is 275 g/mol. The molecule has 0 saturated heterocycles. The van der Waals surface area contributed by atoms with Crippen molar-refractivity contribution in [3.8, 4) is 5.75 Å². The quantitative estimate of drug-likeness (QED) is 0.502. The zero-order valence-electron chi connectivity index (χ0n) is 11.5. The fourth-order valence-electron chi connectivity index (χ4n) is 1.87. The van der Waals surface area contributed by atoms with Crippen molar-refractivity contribution in [3.63, 3.8) is 0 Å². The van der Waals surface area contributed by atoms with Gasteiger partial charge in [-0.3, -0.25) is 10.1 Å². The van der Waals surface area contributed by atoms with Crippen LogP contribution in [0.4, 0.5) is 15.8 Å². The number of hydrogen-bond acceptors (Lipinski definition) is 4. The lowest BCUT2D eigenvalue weighted by molar-refractivity contribution is -0.384. The topological polar surface area (TPSA) is 64.4 Å². The molecule has 6 heteroatoms. The lowest BCUT2D eigenvalue weighted by atomic mass is 10.2. The molecule has 0 aliphatic heterocycles. The Morgan fingerprint density at radius 1 is 1.29 bits per heavy atom. The van der Waals surface area contributed by atoms with Crippen molar-refractivity contribution in [1.82, 2.24) is 0 Å². The SMILES string of the molecule is Cc1ccccc1OCCNc1ccc(F)cc1[N+](=O)[O-]. The van der Waals surface area contributed by atoms with E-state index in [1.165, 1.54) is 12.1 Å². The second kappa shape index (κ2) is 6.69. The van der Waals surface area contributed by atoms with Crippen molar-refractivity contribution >= 4 is 11.4 Å². The number of para-hydroxylation sites is 1. The molecule has 1 N–H and O–H groups in total. The van der Waals surface area contributed by atoms with Gasteiger partial charge in [-0.05, 0) is 30.7 Å². The van der Waals surface area contributed by atoms with Crippen LogP contribution >= 0.6 is 0 Å². The molecule has 0 aliphatic rings. The Bertz CT molecular complexity index is 647. The maximum absolute atomic E-state index is 13.0. The summed E-state index contributed by atoms with van der Waals surface area (Å²) < 4.78 is 18.6. The Morgan fingerprint density at radius 2 is 2.05 bits per heavy atom. The van der Waals surface area contributed by atoms with E-state index in [0.717, 1.165) is 17.4 Å². The third-order valence-electron chi connectivity index (χ3n) is 2.93. The molecule has 0 heterocycles. The van der Waals surface area contributed by atoms with E-state index in [-0.39, 0.29) is 11.4 Å². The molecule has 0 bridgehead atoms. The molecule has 110 valence electrons. The number of nitrogens with zero attached hydrogens (tertiary/aromatic N) is 1. The summed E-state index contributed by atoms with van der Waals surface area (Å²) in [7, 11) is 0. The number of nitro groups is 1. The van der Waals surface area contributed by atoms with E-state index in [1.807, 2.05) is 31.2 Å². The van der Waals surface area contributed by atoms with Crippen LogP contribution in [0.25, 0.3) is 0 Å². The van der Waals surface area contributed by atoms with Gasteiger partial charge in [-0.25, -0.2) is 4.39 Å². The van der Waals surface area contributed by atoms with Crippen molar-refractivity contribution in [2.75, 3.05) is 18.5 Å². The molecule has 0 fully saturated rings. The number of rotatable bonds is 6. The average molecular weight is 290 g/mol. The van der Waals surface area contributed by atoms with Crippen LogP contribution < -0.4 is 10.1 Å². The van der Waals surface area contributed by atoms with Crippen LogP contribution in [0.3, 0.4) is 0 Å². The zero-order valence-corrected chi connectivity index (χ0v) is 11.5. The predicted octanol–water partition coefficient (Wildman–Crippen LogP) is 3.53. The highest BCUT2D eigenvalue weighted by molar-refractivity contribution is 5.61. The maximum atomic E-state index is 13.0. The largest absolute Gasteiger partial charge is 0.491 e. The number of aryl methyl sites for hydroxylation is 1. The number of ether oxygens (including phenoxy) is 1. The molecule has 2 rings (SSSR count).